The van der Waals surface area contributed by atoms with Crippen molar-refractivity contribution in [2.45, 2.75) is 13.7 Å². The topological polar surface area (TPSA) is 85.0 Å². The summed E-state index contributed by atoms with van der Waals surface area (Å²) in [5, 5.41) is 12.2. The molecule has 0 aliphatic heterocycles. The average molecular weight is 193 g/mol. The van der Waals surface area contributed by atoms with Gasteiger partial charge in [-0.25, -0.2) is 0 Å². The summed E-state index contributed by atoms with van der Waals surface area (Å²) in [6.07, 6.45) is 1.30. The molecule has 0 saturated carbocycles. The van der Waals surface area contributed by atoms with Crippen LogP contribution in [0.2, 0.25) is 0 Å². The Balaban J connectivity index is 2.94. The highest BCUT2D eigenvalue weighted by Crippen LogP contribution is 1.86. The fraction of sp³-hybridized carbons (Fsp3) is 0.250. The lowest BCUT2D eigenvalue weighted by atomic mass is 10.3. The summed E-state index contributed by atoms with van der Waals surface area (Å²) in [4.78, 5) is 21.8. The molecule has 0 unspecified atom stereocenters. The summed E-state index contributed by atoms with van der Waals surface area (Å²) in [6, 6.07) is 3.01. The van der Waals surface area contributed by atoms with E-state index in [1.54, 1.807) is 6.07 Å². The van der Waals surface area contributed by atoms with Gasteiger partial charge in [-0.2, -0.15) is 15.0 Å². The lowest BCUT2D eigenvalue weighted by Crippen LogP contribution is -2.26. The van der Waals surface area contributed by atoms with Gasteiger partial charge in [-0.1, -0.05) is 0 Å². The van der Waals surface area contributed by atoms with E-state index in [0.717, 1.165) is 4.68 Å². The van der Waals surface area contributed by atoms with E-state index in [1.807, 2.05) is 0 Å². The Kier molecular flexibility index (Phi) is 2.97. The minimum absolute atomic E-state index is 0.0350. The maximum absolute atomic E-state index is 11.3. The van der Waals surface area contributed by atoms with Crippen LogP contribution in [0, 0.1) is 11.3 Å². The number of carbonyl (C=O) groups is 1. The first-order valence-electron chi connectivity index (χ1n) is 3.74. The molecule has 0 fully saturated rings. The monoisotopic (exact) mass is 193 g/mol. The van der Waals surface area contributed by atoms with E-state index in [2.05, 4.69) is 9.84 Å². The maximum atomic E-state index is 11.3. The molecule has 0 radical (unpaired) electrons. The van der Waals surface area contributed by atoms with Crippen LogP contribution in [0.3, 0.4) is 0 Å². The Bertz CT molecular complexity index is 444. The normalized spacial score (nSPS) is 9.14. The minimum Gasteiger partial charge on any atom is -0.442 e. The Morgan fingerprint density at radius 3 is 3.07 bits per heavy atom. The van der Waals surface area contributed by atoms with Gasteiger partial charge >= 0.3 is 5.97 Å². The molecule has 1 aromatic rings. The van der Waals surface area contributed by atoms with E-state index in [0.29, 0.717) is 0 Å². The van der Waals surface area contributed by atoms with Gasteiger partial charge in [0.15, 0.2) is 6.73 Å². The molecule has 1 heterocycles. The lowest BCUT2D eigenvalue weighted by Gasteiger charge is -2.03. The third-order valence-corrected chi connectivity index (χ3v) is 1.42. The number of ether oxygens (including phenoxy) is 1. The lowest BCUT2D eigenvalue weighted by molar-refractivity contribution is -0.145. The van der Waals surface area contributed by atoms with Crippen molar-refractivity contribution in [3.8, 4) is 6.07 Å². The Hall–Kier alpha value is -2.16. The van der Waals surface area contributed by atoms with Crippen molar-refractivity contribution in [3.05, 3.63) is 28.2 Å². The summed E-state index contributed by atoms with van der Waals surface area (Å²) in [7, 11) is 0. The van der Waals surface area contributed by atoms with E-state index < -0.39 is 11.5 Å². The van der Waals surface area contributed by atoms with Gasteiger partial charge in [0, 0.05) is 13.1 Å². The number of carbonyl (C=O) groups excluding carboxylic acids is 1. The fourth-order valence-electron chi connectivity index (χ4n) is 0.780. The predicted octanol–water partition coefficient (Wildman–Crippen LogP) is -0.364. The van der Waals surface area contributed by atoms with Gasteiger partial charge < -0.3 is 4.74 Å². The van der Waals surface area contributed by atoms with Crippen LogP contribution in [-0.2, 0) is 16.3 Å². The molecule has 6 nitrogen and oxygen atoms in total. The first-order valence-corrected chi connectivity index (χ1v) is 3.74. The third kappa shape index (κ3) is 2.17. The number of aromatic nitrogens is 2. The molecule has 1 aromatic heterocycles. The maximum Gasteiger partial charge on any atom is 0.304 e. The number of nitriles is 1. The molecular formula is C8H7N3O3. The van der Waals surface area contributed by atoms with Gasteiger partial charge in [0.25, 0.3) is 5.56 Å². The zero-order valence-electron chi connectivity index (χ0n) is 7.43. The molecule has 0 atom stereocenters. The molecule has 1 rings (SSSR count). The number of hydrogen-bond acceptors (Lipinski definition) is 5. The average Bonchev–Trinajstić information content (AvgIpc) is 2.16. The third-order valence-electron chi connectivity index (χ3n) is 1.42. The highest BCUT2D eigenvalue weighted by atomic mass is 16.5. The molecule has 0 aliphatic carbocycles. The summed E-state index contributed by atoms with van der Waals surface area (Å²) in [6.45, 7) is 0.947. The van der Waals surface area contributed by atoms with Crippen LogP contribution in [-0.4, -0.2) is 15.7 Å². The van der Waals surface area contributed by atoms with Crippen LogP contribution in [0.4, 0.5) is 0 Å². The molecule has 0 aliphatic rings. The van der Waals surface area contributed by atoms with Gasteiger partial charge in [0.05, 0.1) is 0 Å². The number of rotatable bonds is 2. The second kappa shape index (κ2) is 4.18. The molecule has 6 heteroatoms. The first-order chi connectivity index (χ1) is 6.65. The fourth-order valence-corrected chi connectivity index (χ4v) is 0.780. The molecule has 0 bridgehead atoms. The second-order valence-electron chi connectivity index (χ2n) is 2.43. The summed E-state index contributed by atoms with van der Waals surface area (Å²) in [5.41, 5.74) is -0.608. The van der Waals surface area contributed by atoms with Gasteiger partial charge in [-0.15, -0.1) is 0 Å². The van der Waals surface area contributed by atoms with E-state index in [1.165, 1.54) is 19.2 Å². The molecular weight excluding hydrogens is 186 g/mol. The number of nitrogens with zero attached hydrogens (tertiary/aromatic N) is 3. The van der Waals surface area contributed by atoms with Crippen molar-refractivity contribution in [1.82, 2.24) is 9.78 Å². The van der Waals surface area contributed by atoms with Crippen LogP contribution in [0.5, 0.6) is 0 Å². The van der Waals surface area contributed by atoms with Crippen LogP contribution >= 0.6 is 0 Å². The van der Waals surface area contributed by atoms with Crippen molar-refractivity contribution in [3.63, 3.8) is 0 Å². The SMILES string of the molecule is CC(=O)OCn1nccc(C#N)c1=O. The Morgan fingerprint density at radius 2 is 2.50 bits per heavy atom. The first kappa shape index (κ1) is 9.92. The van der Waals surface area contributed by atoms with Crippen molar-refractivity contribution < 1.29 is 9.53 Å². The zero-order valence-corrected chi connectivity index (χ0v) is 7.43. The molecule has 0 spiro atoms. The van der Waals surface area contributed by atoms with Gasteiger partial charge in [0.1, 0.15) is 11.6 Å². The molecule has 14 heavy (non-hydrogen) atoms. The van der Waals surface area contributed by atoms with Crippen LogP contribution in [0.1, 0.15) is 12.5 Å². The second-order valence-corrected chi connectivity index (χ2v) is 2.43. The van der Waals surface area contributed by atoms with Gasteiger partial charge in [0.2, 0.25) is 0 Å². The van der Waals surface area contributed by atoms with Crippen LogP contribution in [0.25, 0.3) is 0 Å². The van der Waals surface area contributed by atoms with E-state index in [-0.39, 0.29) is 12.3 Å². The quantitative estimate of drug-likeness (QED) is 0.598. The van der Waals surface area contributed by atoms with Crippen molar-refractivity contribution in [2.75, 3.05) is 0 Å². The van der Waals surface area contributed by atoms with Gasteiger partial charge in [-0.05, 0) is 6.07 Å². The molecule has 0 amide bonds. The minimum atomic E-state index is -0.573. The van der Waals surface area contributed by atoms with Crippen LogP contribution < -0.4 is 5.56 Å². The Labute approximate surface area is 79.3 Å². The smallest absolute Gasteiger partial charge is 0.304 e. The molecule has 72 valence electrons. The van der Waals surface area contributed by atoms with Crippen LogP contribution in [0.15, 0.2) is 17.1 Å². The largest absolute Gasteiger partial charge is 0.442 e. The summed E-state index contributed by atoms with van der Waals surface area (Å²) < 4.78 is 5.46. The standard InChI is InChI=1S/C8H7N3O3/c1-6(12)14-5-11-8(13)7(4-9)2-3-10-11/h2-3H,5H2,1H3. The molecule has 0 aromatic carbocycles. The zero-order chi connectivity index (χ0) is 10.6. The van der Waals surface area contributed by atoms with E-state index in [9.17, 15) is 9.59 Å². The number of esters is 1. The van der Waals surface area contributed by atoms with E-state index >= 15 is 0 Å². The summed E-state index contributed by atoms with van der Waals surface area (Å²) in [5.74, 6) is -0.513. The molecule has 0 N–H and O–H groups in total. The Morgan fingerprint density at radius 1 is 1.79 bits per heavy atom. The van der Waals surface area contributed by atoms with E-state index in [4.69, 9.17) is 5.26 Å². The predicted molar refractivity (Wildman–Crippen MR) is 45.0 cm³/mol. The van der Waals surface area contributed by atoms with Crippen molar-refractivity contribution >= 4 is 5.97 Å². The molecule has 0 saturated heterocycles. The van der Waals surface area contributed by atoms with Crippen molar-refractivity contribution in [1.29, 1.82) is 5.26 Å². The summed E-state index contributed by atoms with van der Waals surface area (Å²) >= 11 is 0. The number of hydrogen-bond donors (Lipinski definition) is 0. The highest BCUT2D eigenvalue weighted by Gasteiger charge is 2.03. The highest BCUT2D eigenvalue weighted by molar-refractivity contribution is 5.65. The van der Waals surface area contributed by atoms with Crippen molar-refractivity contribution in [2.24, 2.45) is 0 Å². The van der Waals surface area contributed by atoms with Gasteiger partial charge in [-0.3, -0.25) is 9.59 Å².